The lowest BCUT2D eigenvalue weighted by molar-refractivity contribution is 0.660. The number of aromatic nitrogens is 1. The molecule has 0 unspecified atom stereocenters. The number of benzene rings is 8. The third-order valence-electron chi connectivity index (χ3n) is 11.0. The fourth-order valence-electron chi connectivity index (χ4n) is 8.56. The molecule has 0 spiro atoms. The van der Waals surface area contributed by atoms with Gasteiger partial charge in [0.25, 0.3) is 0 Å². The van der Waals surface area contributed by atoms with E-state index in [1.807, 2.05) is 0 Å². The van der Waals surface area contributed by atoms with Crippen LogP contribution in [0.15, 0.2) is 164 Å². The molecule has 238 valence electrons. The molecule has 0 bridgehead atoms. The third-order valence-corrected chi connectivity index (χ3v) is 11.0. The second-order valence-electron chi connectivity index (χ2n) is 14.3. The van der Waals surface area contributed by atoms with Gasteiger partial charge in [-0.2, -0.15) is 0 Å². The summed E-state index contributed by atoms with van der Waals surface area (Å²) >= 11 is 0. The fourth-order valence-corrected chi connectivity index (χ4v) is 8.56. The van der Waals surface area contributed by atoms with Crippen molar-refractivity contribution in [1.29, 1.82) is 0 Å². The van der Waals surface area contributed by atoms with Gasteiger partial charge in [0.15, 0.2) is 0 Å². The Morgan fingerprint density at radius 2 is 1.14 bits per heavy atom. The summed E-state index contributed by atoms with van der Waals surface area (Å²) in [6, 6.07) is 60.5. The van der Waals surface area contributed by atoms with Gasteiger partial charge in [0.2, 0.25) is 0 Å². The average molecular weight is 641 g/mol. The van der Waals surface area contributed by atoms with Crippen LogP contribution in [0.4, 0.5) is 17.1 Å². The van der Waals surface area contributed by atoms with Gasteiger partial charge in [-0.25, -0.2) is 0 Å². The Balaban J connectivity index is 1.11. The second-order valence-corrected chi connectivity index (χ2v) is 14.3. The molecule has 10 rings (SSSR count). The molecule has 0 amide bonds. The highest BCUT2D eigenvalue weighted by Crippen LogP contribution is 2.51. The molecule has 0 atom stereocenters. The summed E-state index contributed by atoms with van der Waals surface area (Å²) in [5.41, 5.74) is 16.2. The molecule has 0 aliphatic heterocycles. The van der Waals surface area contributed by atoms with Crippen molar-refractivity contribution < 1.29 is 0 Å². The van der Waals surface area contributed by atoms with Gasteiger partial charge in [0.05, 0.1) is 11.0 Å². The zero-order chi connectivity index (χ0) is 33.6. The number of para-hydroxylation sites is 1. The van der Waals surface area contributed by atoms with E-state index in [2.05, 4.69) is 194 Å². The Kier molecular flexibility index (Phi) is 6.17. The molecule has 0 saturated carbocycles. The maximum atomic E-state index is 2.41. The van der Waals surface area contributed by atoms with E-state index in [4.69, 9.17) is 0 Å². The average Bonchev–Trinajstić information content (AvgIpc) is 3.62. The molecule has 1 aromatic heterocycles. The van der Waals surface area contributed by atoms with E-state index >= 15 is 0 Å². The molecule has 1 aliphatic carbocycles. The van der Waals surface area contributed by atoms with E-state index in [1.165, 1.54) is 82.9 Å². The van der Waals surface area contributed by atoms with Crippen molar-refractivity contribution in [1.82, 2.24) is 4.57 Å². The van der Waals surface area contributed by atoms with Gasteiger partial charge in [-0.1, -0.05) is 123 Å². The smallest absolute Gasteiger partial charge is 0.0547 e. The van der Waals surface area contributed by atoms with Gasteiger partial charge in [-0.3, -0.25) is 0 Å². The molecule has 50 heavy (non-hydrogen) atoms. The first-order chi connectivity index (χ1) is 24.5. The lowest BCUT2D eigenvalue weighted by atomic mass is 9.82. The van der Waals surface area contributed by atoms with Crippen molar-refractivity contribution in [3.8, 4) is 27.9 Å². The Labute approximate surface area is 292 Å². The van der Waals surface area contributed by atoms with Crippen LogP contribution in [-0.4, -0.2) is 4.57 Å². The molecule has 8 aromatic carbocycles. The standard InChI is InChI=1S/C48H36N2/c1-31-16-21-35(22-17-31)49(37-25-27-40-39-13-7-8-14-42(39)48(2,3)43(40)30-37)36-23-18-32(19-24-36)38-28-29-45-47-41(38)26-20-33-10-9-15-44(46(33)47)50(45)34-11-5-4-6-12-34/h4-30H,1-3H3. The lowest BCUT2D eigenvalue weighted by Crippen LogP contribution is -2.16. The van der Waals surface area contributed by atoms with Crippen molar-refractivity contribution in [3.63, 3.8) is 0 Å². The quantitative estimate of drug-likeness (QED) is 0.170. The summed E-state index contributed by atoms with van der Waals surface area (Å²) in [4.78, 5) is 2.40. The predicted octanol–water partition coefficient (Wildman–Crippen LogP) is 13.1. The highest BCUT2D eigenvalue weighted by atomic mass is 15.1. The number of fused-ring (bicyclic) bond motifs is 3. The first-order valence-electron chi connectivity index (χ1n) is 17.5. The number of aryl methyl sites for hydroxylation is 1. The van der Waals surface area contributed by atoms with Crippen LogP contribution in [0.5, 0.6) is 0 Å². The van der Waals surface area contributed by atoms with E-state index in [9.17, 15) is 0 Å². The maximum absolute atomic E-state index is 2.41. The number of rotatable bonds is 5. The summed E-state index contributed by atoms with van der Waals surface area (Å²) in [7, 11) is 0. The molecular formula is C48H36N2. The van der Waals surface area contributed by atoms with Crippen LogP contribution in [0.1, 0.15) is 30.5 Å². The van der Waals surface area contributed by atoms with Crippen LogP contribution in [0.2, 0.25) is 0 Å². The summed E-state index contributed by atoms with van der Waals surface area (Å²) in [6.45, 7) is 6.85. The largest absolute Gasteiger partial charge is 0.310 e. The van der Waals surface area contributed by atoms with Crippen LogP contribution in [0.25, 0.3) is 60.5 Å². The van der Waals surface area contributed by atoms with Gasteiger partial charge in [0, 0.05) is 38.9 Å². The zero-order valence-corrected chi connectivity index (χ0v) is 28.5. The summed E-state index contributed by atoms with van der Waals surface area (Å²) in [5, 5.41) is 5.21. The van der Waals surface area contributed by atoms with Crippen molar-refractivity contribution in [3.05, 3.63) is 180 Å². The number of anilines is 3. The topological polar surface area (TPSA) is 8.17 Å². The highest BCUT2D eigenvalue weighted by Gasteiger charge is 2.35. The SMILES string of the molecule is Cc1ccc(N(c2ccc(-c3ccc4c5c3ccc3cccc(c35)n4-c3ccccc3)cc2)c2ccc3c(c2)C(C)(C)c2ccccc2-3)cc1. The first kappa shape index (κ1) is 28.9. The molecule has 0 N–H and O–H groups in total. The molecule has 0 fully saturated rings. The van der Waals surface area contributed by atoms with Crippen LogP contribution in [0, 0.1) is 6.92 Å². The maximum Gasteiger partial charge on any atom is 0.0547 e. The van der Waals surface area contributed by atoms with Crippen LogP contribution < -0.4 is 4.90 Å². The molecular weight excluding hydrogens is 605 g/mol. The molecule has 1 heterocycles. The predicted molar refractivity (Wildman–Crippen MR) is 212 cm³/mol. The van der Waals surface area contributed by atoms with Crippen molar-refractivity contribution in [2.45, 2.75) is 26.2 Å². The molecule has 9 aromatic rings. The Morgan fingerprint density at radius 1 is 0.480 bits per heavy atom. The van der Waals surface area contributed by atoms with Gasteiger partial charge < -0.3 is 9.47 Å². The van der Waals surface area contributed by atoms with Gasteiger partial charge in [-0.15, -0.1) is 0 Å². The summed E-state index contributed by atoms with van der Waals surface area (Å²) in [6.07, 6.45) is 0. The molecule has 2 nitrogen and oxygen atoms in total. The first-order valence-corrected chi connectivity index (χ1v) is 17.5. The lowest BCUT2D eigenvalue weighted by Gasteiger charge is -2.28. The normalized spacial score (nSPS) is 13.3. The minimum absolute atomic E-state index is 0.0677. The second kappa shape index (κ2) is 10.7. The summed E-state index contributed by atoms with van der Waals surface area (Å²) < 4.78 is 2.41. The van der Waals surface area contributed by atoms with E-state index in [0.29, 0.717) is 0 Å². The molecule has 1 aliphatic rings. The molecule has 2 heteroatoms. The fraction of sp³-hybridized carbons (Fsp3) is 0.0833. The molecule has 0 radical (unpaired) electrons. The Morgan fingerprint density at radius 3 is 1.94 bits per heavy atom. The van der Waals surface area contributed by atoms with E-state index in [-0.39, 0.29) is 5.41 Å². The van der Waals surface area contributed by atoms with Gasteiger partial charge in [-0.05, 0) is 112 Å². The third kappa shape index (κ3) is 4.15. The Bertz CT molecular complexity index is 2710. The Hall–Kier alpha value is -6.12. The number of hydrogen-bond acceptors (Lipinski definition) is 1. The van der Waals surface area contributed by atoms with Crippen LogP contribution >= 0.6 is 0 Å². The number of hydrogen-bond donors (Lipinski definition) is 0. The monoisotopic (exact) mass is 640 g/mol. The van der Waals surface area contributed by atoms with E-state index < -0.39 is 0 Å². The van der Waals surface area contributed by atoms with Gasteiger partial charge in [0.1, 0.15) is 0 Å². The van der Waals surface area contributed by atoms with Crippen LogP contribution in [0.3, 0.4) is 0 Å². The van der Waals surface area contributed by atoms with Crippen LogP contribution in [-0.2, 0) is 5.41 Å². The van der Waals surface area contributed by atoms with Gasteiger partial charge >= 0.3 is 0 Å². The van der Waals surface area contributed by atoms with Crippen molar-refractivity contribution in [2.24, 2.45) is 0 Å². The van der Waals surface area contributed by atoms with Crippen molar-refractivity contribution >= 4 is 49.6 Å². The number of nitrogens with zero attached hydrogens (tertiary/aromatic N) is 2. The van der Waals surface area contributed by atoms with Crippen molar-refractivity contribution in [2.75, 3.05) is 4.90 Å². The van der Waals surface area contributed by atoms with E-state index in [1.54, 1.807) is 0 Å². The molecule has 0 saturated heterocycles. The van der Waals surface area contributed by atoms with E-state index in [0.717, 1.165) is 11.4 Å². The highest BCUT2D eigenvalue weighted by molar-refractivity contribution is 6.26. The minimum Gasteiger partial charge on any atom is -0.310 e. The summed E-state index contributed by atoms with van der Waals surface area (Å²) in [5.74, 6) is 0. The zero-order valence-electron chi connectivity index (χ0n) is 28.5. The minimum atomic E-state index is -0.0677.